The first kappa shape index (κ1) is 14.7. The number of rotatable bonds is 3. The summed E-state index contributed by atoms with van der Waals surface area (Å²) in [5, 5.41) is 21.6. The van der Waals surface area contributed by atoms with Crippen LogP contribution >= 0.6 is 12.4 Å². The summed E-state index contributed by atoms with van der Waals surface area (Å²) in [7, 11) is 0. The van der Waals surface area contributed by atoms with E-state index >= 15 is 0 Å². The normalized spacial score (nSPS) is 9.53. The Labute approximate surface area is 115 Å². The molecule has 2 rings (SSSR count). The Morgan fingerprint density at radius 2 is 1.84 bits per heavy atom. The van der Waals surface area contributed by atoms with Crippen molar-refractivity contribution in [2.45, 2.75) is 6.92 Å². The van der Waals surface area contributed by atoms with E-state index in [-0.39, 0.29) is 18.1 Å². The Balaban J connectivity index is 0.00000180. The summed E-state index contributed by atoms with van der Waals surface area (Å²) in [6.45, 7) is 1.81. The van der Waals surface area contributed by atoms with E-state index in [4.69, 9.17) is 4.74 Å². The van der Waals surface area contributed by atoms with E-state index < -0.39 is 4.92 Å². The Bertz CT molecular complexity index is 587. The highest BCUT2D eigenvalue weighted by Gasteiger charge is 2.08. The Morgan fingerprint density at radius 3 is 2.42 bits per heavy atom. The lowest BCUT2D eigenvalue weighted by molar-refractivity contribution is -0.605. The van der Waals surface area contributed by atoms with Gasteiger partial charge in [-0.2, -0.15) is 4.73 Å². The number of nitro benzene ring substituents is 1. The van der Waals surface area contributed by atoms with Crippen molar-refractivity contribution in [3.63, 3.8) is 0 Å². The van der Waals surface area contributed by atoms with Gasteiger partial charge in [0.2, 0.25) is 6.20 Å². The molecule has 1 heterocycles. The van der Waals surface area contributed by atoms with Crippen LogP contribution in [0.4, 0.5) is 5.69 Å². The molecular weight excluding hydrogens is 272 g/mol. The number of halogens is 1. The molecule has 0 atom stereocenters. The van der Waals surface area contributed by atoms with E-state index in [2.05, 4.69) is 0 Å². The van der Waals surface area contributed by atoms with Gasteiger partial charge >= 0.3 is 0 Å². The number of nitro groups is 1. The number of aryl methyl sites for hydroxylation is 1. The minimum absolute atomic E-state index is 0. The maximum Gasteiger partial charge on any atom is 0.269 e. The summed E-state index contributed by atoms with van der Waals surface area (Å²) in [4.78, 5) is 10.0. The lowest BCUT2D eigenvalue weighted by atomic mass is 10.2. The SMILES string of the molecule is Cc1cc[n+]([O-])cc1Oc1ccc([N+](=O)[O-])cc1.Cl. The van der Waals surface area contributed by atoms with Gasteiger partial charge in [-0.15, -0.1) is 12.4 Å². The molecular formula is C12H11ClN2O4. The molecule has 0 N–H and O–H groups in total. The molecule has 1 aromatic carbocycles. The van der Waals surface area contributed by atoms with E-state index in [1.807, 2.05) is 0 Å². The van der Waals surface area contributed by atoms with Crippen molar-refractivity contribution in [1.82, 2.24) is 0 Å². The minimum atomic E-state index is -0.483. The van der Waals surface area contributed by atoms with Crippen LogP contribution in [0.25, 0.3) is 0 Å². The molecule has 0 aliphatic rings. The molecule has 0 aliphatic carbocycles. The van der Waals surface area contributed by atoms with Crippen molar-refractivity contribution in [3.05, 3.63) is 63.6 Å². The molecule has 0 unspecified atom stereocenters. The molecule has 6 nitrogen and oxygen atoms in total. The van der Waals surface area contributed by atoms with Crippen LogP contribution in [-0.4, -0.2) is 4.92 Å². The number of nitrogens with zero attached hydrogens (tertiary/aromatic N) is 2. The van der Waals surface area contributed by atoms with Crippen LogP contribution in [-0.2, 0) is 0 Å². The lowest BCUT2D eigenvalue weighted by Crippen LogP contribution is -2.24. The zero-order valence-corrected chi connectivity index (χ0v) is 10.8. The third-order valence-electron chi connectivity index (χ3n) is 2.38. The fraction of sp³-hybridized carbons (Fsp3) is 0.0833. The molecule has 0 spiro atoms. The molecule has 0 amide bonds. The molecule has 19 heavy (non-hydrogen) atoms. The molecule has 7 heteroatoms. The summed E-state index contributed by atoms with van der Waals surface area (Å²) < 4.78 is 6.11. The van der Waals surface area contributed by atoms with Crippen molar-refractivity contribution in [2.75, 3.05) is 0 Å². The van der Waals surface area contributed by atoms with Crippen molar-refractivity contribution in [1.29, 1.82) is 0 Å². The number of non-ortho nitro benzene ring substituents is 1. The average molecular weight is 283 g/mol. The Hall–Kier alpha value is -2.34. The number of benzene rings is 1. The Morgan fingerprint density at radius 1 is 1.21 bits per heavy atom. The monoisotopic (exact) mass is 282 g/mol. The van der Waals surface area contributed by atoms with Crippen LogP contribution in [0.2, 0.25) is 0 Å². The largest absolute Gasteiger partial charge is 0.619 e. The van der Waals surface area contributed by atoms with Gasteiger partial charge in [0.15, 0.2) is 11.9 Å². The Kier molecular flexibility index (Phi) is 4.66. The average Bonchev–Trinajstić information content (AvgIpc) is 2.34. The highest BCUT2D eigenvalue weighted by atomic mass is 35.5. The van der Waals surface area contributed by atoms with Crippen molar-refractivity contribution >= 4 is 18.1 Å². The van der Waals surface area contributed by atoms with Crippen LogP contribution < -0.4 is 9.47 Å². The molecule has 1 aromatic heterocycles. The third kappa shape index (κ3) is 3.56. The number of aromatic nitrogens is 1. The predicted octanol–water partition coefficient (Wildman–Crippen LogP) is 2.75. The molecule has 0 bridgehead atoms. The van der Waals surface area contributed by atoms with Gasteiger partial charge < -0.3 is 9.94 Å². The second kappa shape index (κ2) is 6.01. The molecule has 2 aromatic rings. The molecule has 0 saturated carbocycles. The van der Waals surface area contributed by atoms with Crippen LogP contribution in [0.5, 0.6) is 11.5 Å². The summed E-state index contributed by atoms with van der Waals surface area (Å²) in [5.41, 5.74) is 0.798. The van der Waals surface area contributed by atoms with Crippen LogP contribution in [0.1, 0.15) is 5.56 Å². The van der Waals surface area contributed by atoms with Crippen molar-refractivity contribution < 1.29 is 14.4 Å². The maximum absolute atomic E-state index is 11.1. The molecule has 0 aliphatic heterocycles. The number of hydrogen-bond acceptors (Lipinski definition) is 4. The maximum atomic E-state index is 11.1. The lowest BCUT2D eigenvalue weighted by Gasteiger charge is -2.07. The molecule has 0 radical (unpaired) electrons. The van der Waals surface area contributed by atoms with Crippen molar-refractivity contribution in [2.24, 2.45) is 0 Å². The standard InChI is InChI=1S/C12H10N2O4.ClH/c1-9-6-7-13(15)8-12(9)18-11-4-2-10(3-5-11)14(16)17;/h2-8H,1H3;1H. The third-order valence-corrected chi connectivity index (χ3v) is 2.38. The smallest absolute Gasteiger partial charge is 0.269 e. The number of ether oxygens (including phenoxy) is 1. The minimum Gasteiger partial charge on any atom is -0.619 e. The van der Waals surface area contributed by atoms with Crippen LogP contribution in [0.15, 0.2) is 42.7 Å². The van der Waals surface area contributed by atoms with E-state index in [0.29, 0.717) is 16.2 Å². The van der Waals surface area contributed by atoms with Gasteiger partial charge in [-0.25, -0.2) is 0 Å². The van der Waals surface area contributed by atoms with E-state index in [0.717, 1.165) is 5.56 Å². The van der Waals surface area contributed by atoms with Gasteiger partial charge in [0.1, 0.15) is 5.75 Å². The quantitative estimate of drug-likeness (QED) is 0.375. The van der Waals surface area contributed by atoms with Crippen LogP contribution in [0.3, 0.4) is 0 Å². The topological polar surface area (TPSA) is 79.3 Å². The summed E-state index contributed by atoms with van der Waals surface area (Å²) in [6.07, 6.45) is 2.68. The first-order valence-electron chi connectivity index (χ1n) is 5.18. The van der Waals surface area contributed by atoms with Gasteiger partial charge in [0.05, 0.1) is 4.92 Å². The summed E-state index contributed by atoms with van der Waals surface area (Å²) >= 11 is 0. The second-order valence-electron chi connectivity index (χ2n) is 3.71. The highest BCUT2D eigenvalue weighted by Crippen LogP contribution is 2.25. The second-order valence-corrected chi connectivity index (χ2v) is 3.71. The molecule has 0 saturated heterocycles. The first-order valence-corrected chi connectivity index (χ1v) is 5.18. The fourth-order valence-corrected chi connectivity index (χ4v) is 1.40. The van der Waals surface area contributed by atoms with Gasteiger partial charge in [-0.1, -0.05) is 0 Å². The number of hydrogen-bond donors (Lipinski definition) is 0. The first-order chi connectivity index (χ1) is 8.56. The zero-order valence-electron chi connectivity index (χ0n) is 9.98. The van der Waals surface area contributed by atoms with Crippen molar-refractivity contribution in [3.8, 4) is 11.5 Å². The van der Waals surface area contributed by atoms with Gasteiger partial charge in [-0.05, 0) is 19.1 Å². The fourth-order valence-electron chi connectivity index (χ4n) is 1.40. The van der Waals surface area contributed by atoms with E-state index in [1.54, 1.807) is 13.0 Å². The highest BCUT2D eigenvalue weighted by molar-refractivity contribution is 5.85. The summed E-state index contributed by atoms with van der Waals surface area (Å²) in [5.74, 6) is 0.858. The van der Waals surface area contributed by atoms with E-state index in [1.165, 1.54) is 36.7 Å². The predicted molar refractivity (Wildman–Crippen MR) is 70.6 cm³/mol. The van der Waals surface area contributed by atoms with Gasteiger partial charge in [0.25, 0.3) is 5.69 Å². The van der Waals surface area contributed by atoms with Gasteiger partial charge in [0, 0.05) is 23.8 Å². The van der Waals surface area contributed by atoms with E-state index in [9.17, 15) is 15.3 Å². The van der Waals surface area contributed by atoms with Crippen LogP contribution in [0, 0.1) is 22.2 Å². The molecule has 100 valence electrons. The zero-order chi connectivity index (χ0) is 13.1. The number of pyridine rings is 1. The van der Waals surface area contributed by atoms with Gasteiger partial charge in [-0.3, -0.25) is 10.1 Å². The summed E-state index contributed by atoms with van der Waals surface area (Å²) in [6, 6.07) is 7.30. The molecule has 0 fully saturated rings.